The number of nitro groups is 1. The second kappa shape index (κ2) is 6.48. The van der Waals surface area contributed by atoms with Gasteiger partial charge in [0.2, 0.25) is 5.91 Å². The molecule has 0 aliphatic carbocycles. The molecule has 1 unspecified atom stereocenters. The minimum absolute atomic E-state index is 0.0881. The van der Waals surface area contributed by atoms with E-state index in [1.165, 1.54) is 24.3 Å². The summed E-state index contributed by atoms with van der Waals surface area (Å²) in [5.41, 5.74) is 4.77. The van der Waals surface area contributed by atoms with Gasteiger partial charge in [0, 0.05) is 6.07 Å². The van der Waals surface area contributed by atoms with Crippen molar-refractivity contribution < 1.29 is 14.5 Å². The van der Waals surface area contributed by atoms with Crippen LogP contribution in [0.15, 0.2) is 24.3 Å². The number of hydrogen-bond donors (Lipinski definition) is 2. The Morgan fingerprint density at radius 1 is 1.42 bits per heavy atom. The topological polar surface area (TPSA) is 115 Å². The second-order valence-electron chi connectivity index (χ2n) is 3.99. The van der Waals surface area contributed by atoms with Crippen LogP contribution in [0.2, 0.25) is 0 Å². The molecule has 0 spiro atoms. The summed E-state index contributed by atoms with van der Waals surface area (Å²) < 4.78 is 0. The lowest BCUT2D eigenvalue weighted by Gasteiger charge is -2.14. The van der Waals surface area contributed by atoms with E-state index in [-0.39, 0.29) is 11.3 Å². The van der Waals surface area contributed by atoms with Crippen molar-refractivity contribution in [1.29, 1.82) is 0 Å². The molecule has 7 nitrogen and oxygen atoms in total. The van der Waals surface area contributed by atoms with Gasteiger partial charge in [-0.15, -0.1) is 0 Å². The summed E-state index contributed by atoms with van der Waals surface area (Å²) in [5.74, 6) is -1.33. The van der Waals surface area contributed by atoms with E-state index in [1.54, 1.807) is 0 Å². The molecule has 1 rings (SSSR count). The van der Waals surface area contributed by atoms with Crippen LogP contribution in [-0.2, 0) is 4.79 Å². The van der Waals surface area contributed by atoms with Gasteiger partial charge in [0.1, 0.15) is 11.6 Å². The lowest BCUT2D eigenvalue weighted by molar-refractivity contribution is -0.385. The van der Waals surface area contributed by atoms with Crippen LogP contribution in [-0.4, -0.2) is 22.8 Å². The van der Waals surface area contributed by atoms with E-state index in [2.05, 4.69) is 5.32 Å². The number of nitrogens with one attached hydrogen (secondary N) is 1. The number of benzene rings is 1. The van der Waals surface area contributed by atoms with Crippen LogP contribution in [0.4, 0.5) is 5.69 Å². The molecule has 2 amide bonds. The molecule has 0 saturated carbocycles. The summed E-state index contributed by atoms with van der Waals surface area (Å²) in [5, 5.41) is 13.2. The number of carbonyl (C=O) groups is 2. The molecule has 1 atom stereocenters. The molecule has 0 aliphatic rings. The Labute approximate surface area is 109 Å². The summed E-state index contributed by atoms with van der Waals surface area (Å²) in [6.45, 7) is 1.84. The SMILES string of the molecule is CCCC(NC(=O)c1ccccc1[N+](=O)[O-])C(N)=O. The molecule has 0 radical (unpaired) electrons. The average molecular weight is 265 g/mol. The van der Waals surface area contributed by atoms with Gasteiger partial charge >= 0.3 is 0 Å². The standard InChI is InChI=1S/C12H15N3O4/c1-2-5-9(11(13)16)14-12(17)8-6-3-4-7-10(8)15(18)19/h3-4,6-7,9H,2,5H2,1H3,(H2,13,16)(H,14,17). The van der Waals surface area contributed by atoms with Crippen molar-refractivity contribution in [2.75, 3.05) is 0 Å². The minimum atomic E-state index is -0.822. The molecule has 1 aromatic carbocycles. The van der Waals surface area contributed by atoms with Crippen LogP contribution in [0.3, 0.4) is 0 Å². The van der Waals surface area contributed by atoms with E-state index < -0.39 is 22.8 Å². The third-order valence-corrected chi connectivity index (χ3v) is 2.57. The fourth-order valence-corrected chi connectivity index (χ4v) is 1.64. The summed E-state index contributed by atoms with van der Waals surface area (Å²) in [4.78, 5) is 33.2. The number of nitrogens with two attached hydrogens (primary N) is 1. The molecule has 0 bridgehead atoms. The first-order valence-corrected chi connectivity index (χ1v) is 5.81. The fraction of sp³-hybridized carbons (Fsp3) is 0.333. The van der Waals surface area contributed by atoms with Crippen molar-refractivity contribution in [3.8, 4) is 0 Å². The monoisotopic (exact) mass is 265 g/mol. The van der Waals surface area contributed by atoms with Gasteiger partial charge < -0.3 is 11.1 Å². The molecule has 1 aromatic rings. The number of rotatable bonds is 6. The van der Waals surface area contributed by atoms with Crippen molar-refractivity contribution in [1.82, 2.24) is 5.32 Å². The van der Waals surface area contributed by atoms with E-state index in [4.69, 9.17) is 5.73 Å². The predicted octanol–water partition coefficient (Wildman–Crippen LogP) is 0.979. The number of amides is 2. The summed E-state index contributed by atoms with van der Waals surface area (Å²) in [6, 6.07) is 4.72. The predicted molar refractivity (Wildman–Crippen MR) is 68.5 cm³/mol. The Hall–Kier alpha value is -2.44. The quantitative estimate of drug-likeness (QED) is 0.589. The molecule has 7 heteroatoms. The smallest absolute Gasteiger partial charge is 0.282 e. The van der Waals surface area contributed by atoms with Crippen LogP contribution in [0.1, 0.15) is 30.1 Å². The van der Waals surface area contributed by atoms with Crippen molar-refractivity contribution in [3.05, 3.63) is 39.9 Å². The van der Waals surface area contributed by atoms with E-state index in [0.29, 0.717) is 12.8 Å². The molecular weight excluding hydrogens is 250 g/mol. The molecule has 19 heavy (non-hydrogen) atoms. The first-order valence-electron chi connectivity index (χ1n) is 5.81. The largest absolute Gasteiger partial charge is 0.368 e. The van der Waals surface area contributed by atoms with Crippen molar-refractivity contribution in [2.45, 2.75) is 25.8 Å². The molecule has 0 aliphatic heterocycles. The van der Waals surface area contributed by atoms with Crippen molar-refractivity contribution in [2.24, 2.45) is 5.73 Å². The molecule has 0 heterocycles. The Balaban J connectivity index is 2.94. The number of carbonyl (C=O) groups excluding carboxylic acids is 2. The maximum atomic E-state index is 11.9. The number of para-hydroxylation sites is 1. The second-order valence-corrected chi connectivity index (χ2v) is 3.99. The van der Waals surface area contributed by atoms with Crippen LogP contribution in [0.5, 0.6) is 0 Å². The van der Waals surface area contributed by atoms with Crippen LogP contribution in [0, 0.1) is 10.1 Å². The Morgan fingerprint density at radius 2 is 2.05 bits per heavy atom. The first-order chi connectivity index (χ1) is 8.97. The Kier molecular flexibility index (Phi) is 4.99. The fourth-order valence-electron chi connectivity index (χ4n) is 1.64. The zero-order valence-corrected chi connectivity index (χ0v) is 10.5. The van der Waals surface area contributed by atoms with E-state index in [9.17, 15) is 19.7 Å². The minimum Gasteiger partial charge on any atom is -0.368 e. The van der Waals surface area contributed by atoms with Crippen LogP contribution >= 0.6 is 0 Å². The zero-order chi connectivity index (χ0) is 14.4. The average Bonchev–Trinajstić information content (AvgIpc) is 2.37. The number of hydrogen-bond acceptors (Lipinski definition) is 4. The molecule has 0 saturated heterocycles. The summed E-state index contributed by atoms with van der Waals surface area (Å²) in [6.07, 6.45) is 1.05. The maximum absolute atomic E-state index is 11.9. The lowest BCUT2D eigenvalue weighted by Crippen LogP contribution is -2.44. The number of nitro benzene ring substituents is 1. The normalized spacial score (nSPS) is 11.6. The van der Waals surface area contributed by atoms with E-state index in [1.807, 2.05) is 6.92 Å². The Morgan fingerprint density at radius 3 is 2.58 bits per heavy atom. The van der Waals surface area contributed by atoms with Gasteiger partial charge in [0.25, 0.3) is 11.6 Å². The molecular formula is C12H15N3O4. The highest BCUT2D eigenvalue weighted by Crippen LogP contribution is 2.17. The highest BCUT2D eigenvalue weighted by atomic mass is 16.6. The van der Waals surface area contributed by atoms with Gasteiger partial charge in [-0.05, 0) is 12.5 Å². The molecule has 3 N–H and O–H groups in total. The van der Waals surface area contributed by atoms with Gasteiger partial charge in [0.05, 0.1) is 4.92 Å². The highest BCUT2D eigenvalue weighted by molar-refractivity contribution is 6.00. The number of primary amides is 1. The molecule has 102 valence electrons. The summed E-state index contributed by atoms with van der Waals surface area (Å²) in [7, 11) is 0. The van der Waals surface area contributed by atoms with Gasteiger partial charge in [-0.1, -0.05) is 25.5 Å². The summed E-state index contributed by atoms with van der Waals surface area (Å²) >= 11 is 0. The molecule has 0 fully saturated rings. The van der Waals surface area contributed by atoms with Crippen LogP contribution < -0.4 is 11.1 Å². The van der Waals surface area contributed by atoms with E-state index >= 15 is 0 Å². The van der Waals surface area contributed by atoms with Gasteiger partial charge in [0.15, 0.2) is 0 Å². The lowest BCUT2D eigenvalue weighted by atomic mass is 10.1. The first kappa shape index (κ1) is 14.6. The third kappa shape index (κ3) is 3.77. The zero-order valence-electron chi connectivity index (χ0n) is 10.5. The number of nitrogens with zero attached hydrogens (tertiary/aromatic N) is 1. The maximum Gasteiger partial charge on any atom is 0.282 e. The van der Waals surface area contributed by atoms with Gasteiger partial charge in [-0.3, -0.25) is 19.7 Å². The highest BCUT2D eigenvalue weighted by Gasteiger charge is 2.23. The molecule has 0 aromatic heterocycles. The van der Waals surface area contributed by atoms with E-state index in [0.717, 1.165) is 0 Å². The van der Waals surface area contributed by atoms with Gasteiger partial charge in [-0.25, -0.2) is 0 Å². The van der Waals surface area contributed by atoms with Gasteiger partial charge in [-0.2, -0.15) is 0 Å². The Bertz CT molecular complexity index is 502. The third-order valence-electron chi connectivity index (χ3n) is 2.57. The van der Waals surface area contributed by atoms with Crippen LogP contribution in [0.25, 0.3) is 0 Å². The van der Waals surface area contributed by atoms with Crippen molar-refractivity contribution in [3.63, 3.8) is 0 Å². The van der Waals surface area contributed by atoms with Crippen molar-refractivity contribution >= 4 is 17.5 Å².